The van der Waals surface area contributed by atoms with Crippen LogP contribution in [0.4, 0.5) is 0 Å². The first-order valence-corrected chi connectivity index (χ1v) is 29.6. The fourth-order valence-electron chi connectivity index (χ4n) is 9.21. The van der Waals surface area contributed by atoms with E-state index in [1.807, 2.05) is 0 Å². The molecule has 0 heterocycles. The van der Waals surface area contributed by atoms with Gasteiger partial charge in [-0.25, -0.2) is 0 Å². The third-order valence-corrected chi connectivity index (χ3v) is 13.7. The van der Waals surface area contributed by atoms with Crippen molar-refractivity contribution in [1.29, 1.82) is 0 Å². The Morgan fingerprint density at radius 1 is 0.424 bits per heavy atom. The van der Waals surface area contributed by atoms with Gasteiger partial charge in [0.25, 0.3) is 0 Å². The van der Waals surface area contributed by atoms with Gasteiger partial charge in [-0.2, -0.15) is 0 Å². The van der Waals surface area contributed by atoms with Crippen molar-refractivity contribution in [1.82, 2.24) is 5.32 Å². The second-order valence-electron chi connectivity index (χ2n) is 20.3. The van der Waals surface area contributed by atoms with Gasteiger partial charge in [0.1, 0.15) is 0 Å². The van der Waals surface area contributed by atoms with Gasteiger partial charge in [0.2, 0.25) is 5.91 Å². The molecule has 2 unspecified atom stereocenters. The number of allylic oxidation sites excluding steroid dienone is 4. The van der Waals surface area contributed by atoms with Crippen LogP contribution in [-0.2, 0) is 14.3 Å². The van der Waals surface area contributed by atoms with E-state index in [4.69, 9.17) is 4.74 Å². The molecule has 1 amide bonds. The minimum atomic E-state index is -0.667. The Kier molecular flexibility index (Phi) is 54.5. The van der Waals surface area contributed by atoms with Gasteiger partial charge in [-0.15, -0.1) is 0 Å². The smallest absolute Gasteiger partial charge is 0.305 e. The van der Waals surface area contributed by atoms with Crippen LogP contribution in [0.5, 0.6) is 0 Å². The van der Waals surface area contributed by atoms with Gasteiger partial charge in [0.15, 0.2) is 0 Å². The highest BCUT2D eigenvalue weighted by Gasteiger charge is 2.20. The van der Waals surface area contributed by atoms with E-state index >= 15 is 0 Å². The molecule has 3 N–H and O–H groups in total. The van der Waals surface area contributed by atoms with Gasteiger partial charge < -0.3 is 20.3 Å². The highest BCUT2D eigenvalue weighted by Crippen LogP contribution is 2.18. The van der Waals surface area contributed by atoms with E-state index in [0.29, 0.717) is 25.9 Å². The number of rotatable bonds is 55. The van der Waals surface area contributed by atoms with E-state index in [1.54, 1.807) is 0 Å². The molecule has 0 radical (unpaired) electrons. The van der Waals surface area contributed by atoms with Crippen molar-refractivity contribution in [3.63, 3.8) is 0 Å². The highest BCUT2D eigenvalue weighted by molar-refractivity contribution is 5.76. The summed E-state index contributed by atoms with van der Waals surface area (Å²) in [6.07, 6.45) is 67.4. The molecule has 66 heavy (non-hydrogen) atoms. The fourth-order valence-corrected chi connectivity index (χ4v) is 9.21. The number of esters is 1. The van der Waals surface area contributed by atoms with Gasteiger partial charge in [-0.1, -0.05) is 282 Å². The average molecular weight is 931 g/mol. The maximum atomic E-state index is 12.5. The van der Waals surface area contributed by atoms with Crippen molar-refractivity contribution in [2.45, 2.75) is 334 Å². The number of hydrogen-bond acceptors (Lipinski definition) is 5. The number of ether oxygens (including phenoxy) is 1. The number of carbonyl (C=O) groups is 2. The summed E-state index contributed by atoms with van der Waals surface area (Å²) in [6.45, 7) is 4.89. The molecule has 0 bridgehead atoms. The van der Waals surface area contributed by atoms with Gasteiger partial charge in [-0.3, -0.25) is 9.59 Å². The molecule has 0 fully saturated rings. The molecule has 6 nitrogen and oxygen atoms in total. The number of hydrogen-bond donors (Lipinski definition) is 3. The number of carbonyl (C=O) groups excluding carboxylic acids is 2. The molecule has 2 atom stereocenters. The molecule has 0 aliphatic carbocycles. The largest absolute Gasteiger partial charge is 0.466 e. The third-order valence-electron chi connectivity index (χ3n) is 13.7. The molecule has 0 saturated heterocycles. The third kappa shape index (κ3) is 51.7. The van der Waals surface area contributed by atoms with Gasteiger partial charge in [0, 0.05) is 12.8 Å². The van der Waals surface area contributed by atoms with Crippen molar-refractivity contribution in [2.24, 2.45) is 0 Å². The molecular weight excluding hydrogens is 815 g/mol. The Labute approximate surface area is 411 Å². The molecule has 0 rings (SSSR count). The normalized spacial score (nSPS) is 12.7. The summed E-state index contributed by atoms with van der Waals surface area (Å²) in [5, 5.41) is 23.3. The maximum absolute atomic E-state index is 12.5. The van der Waals surface area contributed by atoms with E-state index < -0.39 is 12.1 Å². The molecule has 0 spiro atoms. The molecule has 0 aliphatic heterocycles. The lowest BCUT2D eigenvalue weighted by molar-refractivity contribution is -0.143. The molecule has 0 aromatic carbocycles. The topological polar surface area (TPSA) is 95.9 Å². The number of nitrogens with one attached hydrogen (secondary N) is 1. The van der Waals surface area contributed by atoms with Crippen LogP contribution in [0.3, 0.4) is 0 Å². The summed E-state index contributed by atoms with van der Waals surface area (Å²) < 4.78 is 5.46. The van der Waals surface area contributed by atoms with Crippen molar-refractivity contribution in [2.75, 3.05) is 13.2 Å². The summed E-state index contributed by atoms with van der Waals surface area (Å²) in [6, 6.07) is -0.545. The monoisotopic (exact) mass is 930 g/mol. The Morgan fingerprint density at radius 3 is 1.21 bits per heavy atom. The lowest BCUT2D eigenvalue weighted by Crippen LogP contribution is -2.45. The van der Waals surface area contributed by atoms with Crippen LogP contribution in [-0.4, -0.2) is 47.4 Å². The van der Waals surface area contributed by atoms with Gasteiger partial charge >= 0.3 is 5.97 Å². The van der Waals surface area contributed by atoms with Crippen molar-refractivity contribution in [3.05, 3.63) is 24.3 Å². The zero-order chi connectivity index (χ0) is 47.9. The van der Waals surface area contributed by atoms with Crippen LogP contribution in [0.15, 0.2) is 24.3 Å². The lowest BCUT2D eigenvalue weighted by Gasteiger charge is -2.22. The van der Waals surface area contributed by atoms with Crippen molar-refractivity contribution < 1.29 is 24.5 Å². The number of unbranched alkanes of at least 4 members (excludes halogenated alkanes) is 40. The number of aliphatic hydroxyl groups excluding tert-OH is 2. The van der Waals surface area contributed by atoms with Crippen LogP contribution in [0.2, 0.25) is 0 Å². The first-order chi connectivity index (χ1) is 32.5. The molecule has 0 saturated carbocycles. The highest BCUT2D eigenvalue weighted by atomic mass is 16.5. The first kappa shape index (κ1) is 64.3. The van der Waals surface area contributed by atoms with Crippen molar-refractivity contribution in [3.8, 4) is 0 Å². The average Bonchev–Trinajstić information content (AvgIpc) is 3.32. The summed E-state index contributed by atoms with van der Waals surface area (Å²) in [5.41, 5.74) is 0. The van der Waals surface area contributed by atoms with Gasteiger partial charge in [-0.05, 0) is 51.4 Å². The van der Waals surface area contributed by atoms with Crippen LogP contribution >= 0.6 is 0 Å². The van der Waals surface area contributed by atoms with E-state index in [-0.39, 0.29) is 18.5 Å². The quantitative estimate of drug-likeness (QED) is 0.0321. The zero-order valence-electron chi connectivity index (χ0n) is 44.4. The first-order valence-electron chi connectivity index (χ1n) is 29.6. The Bertz CT molecular complexity index is 1030. The van der Waals surface area contributed by atoms with E-state index in [2.05, 4.69) is 43.5 Å². The molecule has 6 heteroatoms. The fraction of sp³-hybridized carbons (Fsp3) is 0.900. The zero-order valence-corrected chi connectivity index (χ0v) is 44.4. The minimum absolute atomic E-state index is 0.00760. The summed E-state index contributed by atoms with van der Waals surface area (Å²) >= 11 is 0. The lowest BCUT2D eigenvalue weighted by atomic mass is 10.0. The summed E-state index contributed by atoms with van der Waals surface area (Å²) in [7, 11) is 0. The molecule has 0 aliphatic rings. The van der Waals surface area contributed by atoms with Crippen LogP contribution in [0.1, 0.15) is 322 Å². The molecule has 0 aromatic rings. The number of aliphatic hydroxyl groups is 2. The van der Waals surface area contributed by atoms with Crippen LogP contribution in [0.25, 0.3) is 0 Å². The minimum Gasteiger partial charge on any atom is -0.466 e. The second kappa shape index (κ2) is 55.9. The Balaban J connectivity index is 3.42. The van der Waals surface area contributed by atoms with E-state index in [0.717, 1.165) is 51.4 Å². The molecule has 390 valence electrons. The number of amides is 1. The van der Waals surface area contributed by atoms with Crippen molar-refractivity contribution >= 4 is 11.9 Å². The maximum Gasteiger partial charge on any atom is 0.305 e. The van der Waals surface area contributed by atoms with E-state index in [9.17, 15) is 19.8 Å². The summed E-state index contributed by atoms with van der Waals surface area (Å²) in [5.74, 6) is -0.0445. The summed E-state index contributed by atoms with van der Waals surface area (Å²) in [4.78, 5) is 24.5. The molecular formula is C60H115NO5. The Hall–Kier alpha value is -1.66. The Morgan fingerprint density at radius 2 is 0.788 bits per heavy atom. The predicted octanol–water partition coefficient (Wildman–Crippen LogP) is 18.2. The second-order valence-corrected chi connectivity index (χ2v) is 20.3. The molecule has 0 aromatic heterocycles. The standard InChI is InChI=1S/C60H115NO5/c1-3-5-7-9-11-13-15-17-18-19-22-25-29-32-36-40-44-48-52-58(63)57(56-62)61-59(64)53-49-45-41-37-33-30-26-23-20-21-24-27-31-35-39-43-47-51-55-66-60(65)54-50-46-42-38-34-28-16-14-12-10-8-6-4-2/h8,10,14,16,57-58,62-63H,3-7,9,11-13,15,17-56H2,1-2H3,(H,61,64)/b10-8-,16-14-. The van der Waals surface area contributed by atoms with Gasteiger partial charge in [0.05, 0.1) is 25.4 Å². The SMILES string of the molecule is CCC/C=C\C/C=C\CCCCCCCC(=O)OCCCCCCCCCCCCCCCCCCCCC(=O)NC(CO)C(O)CCCCCCCCCCCCCCCCCCCC. The van der Waals surface area contributed by atoms with Crippen LogP contribution < -0.4 is 5.32 Å². The van der Waals surface area contributed by atoms with E-state index in [1.165, 1.54) is 238 Å². The predicted molar refractivity (Wildman–Crippen MR) is 287 cm³/mol. The van der Waals surface area contributed by atoms with Crippen LogP contribution in [0, 0.1) is 0 Å².